The van der Waals surface area contributed by atoms with Crippen LogP contribution in [0, 0.1) is 13.8 Å². The molecular formula is C15H15BrClN. The lowest BCUT2D eigenvalue weighted by Crippen LogP contribution is -2.03. The number of anilines is 1. The van der Waals surface area contributed by atoms with Gasteiger partial charge in [0.2, 0.25) is 0 Å². The molecule has 3 heteroatoms. The molecule has 2 aromatic rings. The average Bonchev–Trinajstić information content (AvgIpc) is 2.33. The number of rotatable bonds is 3. The van der Waals surface area contributed by atoms with Gasteiger partial charge in [-0.1, -0.05) is 29.8 Å². The van der Waals surface area contributed by atoms with Crippen molar-refractivity contribution in [2.24, 2.45) is 0 Å². The quantitative estimate of drug-likeness (QED) is 0.804. The van der Waals surface area contributed by atoms with Crippen LogP contribution in [0.5, 0.6) is 0 Å². The first-order chi connectivity index (χ1) is 8.58. The van der Waals surface area contributed by atoms with E-state index in [1.807, 2.05) is 18.2 Å². The molecule has 1 nitrogen and oxygen atoms in total. The van der Waals surface area contributed by atoms with E-state index in [2.05, 4.69) is 53.3 Å². The molecule has 1 N–H and O–H groups in total. The summed E-state index contributed by atoms with van der Waals surface area (Å²) in [5.41, 5.74) is 5.04. The third kappa shape index (κ3) is 3.06. The lowest BCUT2D eigenvalue weighted by molar-refractivity contribution is 1.09. The van der Waals surface area contributed by atoms with Gasteiger partial charge in [0.1, 0.15) is 0 Å². The number of aryl methyl sites for hydroxylation is 2. The highest BCUT2D eigenvalue weighted by Crippen LogP contribution is 2.26. The minimum Gasteiger partial charge on any atom is -0.381 e. The number of hydrogen-bond acceptors (Lipinski definition) is 1. The second kappa shape index (κ2) is 5.77. The van der Waals surface area contributed by atoms with Gasteiger partial charge in [-0.2, -0.15) is 0 Å². The van der Waals surface area contributed by atoms with Crippen molar-refractivity contribution in [1.29, 1.82) is 0 Å². The van der Waals surface area contributed by atoms with Gasteiger partial charge >= 0.3 is 0 Å². The normalized spacial score (nSPS) is 10.4. The first-order valence-electron chi connectivity index (χ1n) is 5.82. The van der Waals surface area contributed by atoms with E-state index in [1.165, 1.54) is 16.7 Å². The largest absolute Gasteiger partial charge is 0.381 e. The summed E-state index contributed by atoms with van der Waals surface area (Å²) in [6, 6.07) is 12.2. The monoisotopic (exact) mass is 323 g/mol. The van der Waals surface area contributed by atoms with Crippen LogP contribution in [0.1, 0.15) is 16.7 Å². The summed E-state index contributed by atoms with van der Waals surface area (Å²) < 4.78 is 0.913. The van der Waals surface area contributed by atoms with E-state index in [1.54, 1.807) is 0 Å². The summed E-state index contributed by atoms with van der Waals surface area (Å²) in [5.74, 6) is 0. The van der Waals surface area contributed by atoms with Gasteiger partial charge in [-0.15, -0.1) is 0 Å². The van der Waals surface area contributed by atoms with Gasteiger partial charge in [0, 0.05) is 16.7 Å². The second-order valence-corrected chi connectivity index (χ2v) is 5.61. The van der Waals surface area contributed by atoms with E-state index in [9.17, 15) is 0 Å². The highest BCUT2D eigenvalue weighted by molar-refractivity contribution is 9.10. The fraction of sp³-hybridized carbons (Fsp3) is 0.200. The Labute approximate surface area is 121 Å². The highest BCUT2D eigenvalue weighted by Gasteiger charge is 2.03. The maximum absolute atomic E-state index is 5.97. The van der Waals surface area contributed by atoms with Crippen molar-refractivity contribution in [2.75, 3.05) is 5.32 Å². The Kier molecular flexibility index (Phi) is 4.31. The molecular weight excluding hydrogens is 310 g/mol. The molecule has 94 valence electrons. The predicted octanol–water partition coefficient (Wildman–Crippen LogP) is 5.33. The zero-order valence-corrected chi connectivity index (χ0v) is 12.8. The average molecular weight is 325 g/mol. The molecule has 0 saturated carbocycles. The molecule has 2 aromatic carbocycles. The highest BCUT2D eigenvalue weighted by atomic mass is 79.9. The number of hydrogen-bond donors (Lipinski definition) is 1. The van der Waals surface area contributed by atoms with E-state index >= 15 is 0 Å². The van der Waals surface area contributed by atoms with Crippen molar-refractivity contribution in [3.63, 3.8) is 0 Å². The minimum atomic E-state index is 0.729. The Morgan fingerprint density at radius 3 is 2.39 bits per heavy atom. The van der Waals surface area contributed by atoms with Crippen LogP contribution in [-0.2, 0) is 6.54 Å². The molecule has 0 bridgehead atoms. The molecule has 0 heterocycles. The van der Waals surface area contributed by atoms with Gasteiger partial charge in [-0.05, 0) is 64.7 Å². The van der Waals surface area contributed by atoms with Gasteiger partial charge in [0.15, 0.2) is 0 Å². The van der Waals surface area contributed by atoms with Gasteiger partial charge < -0.3 is 5.32 Å². The molecule has 2 rings (SSSR count). The summed E-state index contributed by atoms with van der Waals surface area (Å²) in [6.45, 7) is 5.11. The van der Waals surface area contributed by atoms with Crippen LogP contribution in [0.25, 0.3) is 0 Å². The lowest BCUT2D eigenvalue weighted by atomic mass is 10.0. The first-order valence-corrected chi connectivity index (χ1v) is 6.99. The predicted molar refractivity (Wildman–Crippen MR) is 82.4 cm³/mol. The fourth-order valence-electron chi connectivity index (χ4n) is 1.92. The molecule has 0 aliphatic rings. The Morgan fingerprint density at radius 2 is 1.78 bits per heavy atom. The standard InChI is InChI=1S/C15H15BrClN/c1-10-4-3-5-11(2)13(10)9-18-12-6-7-15(17)14(16)8-12/h3-8,18H,9H2,1-2H3. The molecule has 0 atom stereocenters. The van der Waals surface area contributed by atoms with Crippen LogP contribution in [0.4, 0.5) is 5.69 Å². The Hall–Kier alpha value is -0.990. The van der Waals surface area contributed by atoms with Crippen molar-refractivity contribution >= 4 is 33.2 Å². The first kappa shape index (κ1) is 13.4. The van der Waals surface area contributed by atoms with Gasteiger partial charge in [0.25, 0.3) is 0 Å². The molecule has 0 saturated heterocycles. The molecule has 0 aromatic heterocycles. The van der Waals surface area contributed by atoms with Crippen molar-refractivity contribution in [1.82, 2.24) is 0 Å². The van der Waals surface area contributed by atoms with E-state index in [4.69, 9.17) is 11.6 Å². The summed E-state index contributed by atoms with van der Waals surface area (Å²) in [7, 11) is 0. The topological polar surface area (TPSA) is 12.0 Å². The SMILES string of the molecule is Cc1cccc(C)c1CNc1ccc(Cl)c(Br)c1. The van der Waals surface area contributed by atoms with Crippen LogP contribution in [-0.4, -0.2) is 0 Å². The smallest absolute Gasteiger partial charge is 0.0549 e. The minimum absolute atomic E-state index is 0.729. The third-order valence-electron chi connectivity index (χ3n) is 3.03. The summed E-state index contributed by atoms with van der Waals surface area (Å²) in [5, 5.41) is 4.15. The van der Waals surface area contributed by atoms with Crippen LogP contribution in [0.15, 0.2) is 40.9 Å². The molecule has 0 spiro atoms. The van der Waals surface area contributed by atoms with Crippen molar-refractivity contribution in [2.45, 2.75) is 20.4 Å². The van der Waals surface area contributed by atoms with Crippen LogP contribution >= 0.6 is 27.5 Å². The number of benzene rings is 2. The third-order valence-corrected chi connectivity index (χ3v) is 4.25. The molecule has 0 unspecified atom stereocenters. The Balaban J connectivity index is 2.14. The van der Waals surface area contributed by atoms with Crippen LogP contribution in [0.3, 0.4) is 0 Å². The van der Waals surface area contributed by atoms with Crippen LogP contribution in [0.2, 0.25) is 5.02 Å². The number of halogens is 2. The lowest BCUT2D eigenvalue weighted by Gasteiger charge is -2.12. The van der Waals surface area contributed by atoms with Crippen molar-refractivity contribution in [3.05, 3.63) is 62.6 Å². The molecule has 0 aliphatic heterocycles. The van der Waals surface area contributed by atoms with E-state index in [0.29, 0.717) is 0 Å². The van der Waals surface area contributed by atoms with Crippen molar-refractivity contribution in [3.8, 4) is 0 Å². The molecule has 0 radical (unpaired) electrons. The summed E-state index contributed by atoms with van der Waals surface area (Å²) in [6.07, 6.45) is 0. The van der Waals surface area contributed by atoms with E-state index < -0.39 is 0 Å². The molecule has 0 aliphatic carbocycles. The maximum Gasteiger partial charge on any atom is 0.0549 e. The molecule has 18 heavy (non-hydrogen) atoms. The second-order valence-electron chi connectivity index (χ2n) is 4.35. The Morgan fingerprint density at radius 1 is 1.11 bits per heavy atom. The fourth-order valence-corrected chi connectivity index (χ4v) is 2.42. The maximum atomic E-state index is 5.97. The van der Waals surface area contributed by atoms with Crippen molar-refractivity contribution < 1.29 is 0 Å². The van der Waals surface area contributed by atoms with Gasteiger partial charge in [-0.25, -0.2) is 0 Å². The summed E-state index contributed by atoms with van der Waals surface area (Å²) >= 11 is 9.40. The molecule has 0 amide bonds. The van der Waals surface area contributed by atoms with E-state index in [-0.39, 0.29) is 0 Å². The summed E-state index contributed by atoms with van der Waals surface area (Å²) in [4.78, 5) is 0. The zero-order valence-electron chi connectivity index (χ0n) is 10.4. The van der Waals surface area contributed by atoms with Gasteiger partial charge in [0.05, 0.1) is 5.02 Å². The molecule has 0 fully saturated rings. The Bertz CT molecular complexity index is 546. The zero-order chi connectivity index (χ0) is 13.1. The number of nitrogens with one attached hydrogen (secondary N) is 1. The van der Waals surface area contributed by atoms with Crippen LogP contribution < -0.4 is 5.32 Å². The van der Waals surface area contributed by atoms with E-state index in [0.717, 1.165) is 21.7 Å². The van der Waals surface area contributed by atoms with Gasteiger partial charge in [-0.3, -0.25) is 0 Å².